The minimum atomic E-state index is -1.10. The lowest BCUT2D eigenvalue weighted by Crippen LogP contribution is -2.30. The Kier molecular flexibility index (Phi) is 5.68. The van der Waals surface area contributed by atoms with Crippen LogP contribution in [-0.2, 0) is 9.53 Å². The van der Waals surface area contributed by atoms with E-state index in [4.69, 9.17) is 10.5 Å². The van der Waals surface area contributed by atoms with E-state index >= 15 is 0 Å². The van der Waals surface area contributed by atoms with Crippen LogP contribution < -0.4 is 11.1 Å². The van der Waals surface area contributed by atoms with E-state index in [0.717, 1.165) is 0 Å². The molecule has 1 atom stereocenters. The first-order valence-electron chi connectivity index (χ1n) is 8.55. The average molecular weight is 396 g/mol. The van der Waals surface area contributed by atoms with E-state index in [2.05, 4.69) is 10.3 Å². The van der Waals surface area contributed by atoms with Gasteiger partial charge in [0.05, 0.1) is 12.5 Å². The first-order chi connectivity index (χ1) is 13.8. The van der Waals surface area contributed by atoms with Gasteiger partial charge in [-0.2, -0.15) is 0 Å². The molecule has 148 valence electrons. The molecular weight excluding hydrogens is 379 g/mol. The second-order valence-electron chi connectivity index (χ2n) is 6.10. The highest BCUT2D eigenvalue weighted by atomic mass is 19.1. The molecule has 0 saturated carbocycles. The molecule has 3 N–H and O–H groups in total. The van der Waals surface area contributed by atoms with E-state index in [9.17, 15) is 18.8 Å². The highest BCUT2D eigenvalue weighted by Gasteiger charge is 2.22. The van der Waals surface area contributed by atoms with Crippen LogP contribution in [0.4, 0.5) is 10.1 Å². The van der Waals surface area contributed by atoms with Crippen molar-refractivity contribution < 1.29 is 23.5 Å². The van der Waals surface area contributed by atoms with Crippen LogP contribution in [0, 0.1) is 5.82 Å². The molecule has 3 aromatic rings. The summed E-state index contributed by atoms with van der Waals surface area (Å²) in [7, 11) is 0. The van der Waals surface area contributed by atoms with Gasteiger partial charge in [0.15, 0.2) is 11.8 Å². The third-order valence-corrected chi connectivity index (χ3v) is 4.04. The fourth-order valence-electron chi connectivity index (χ4n) is 2.49. The summed E-state index contributed by atoms with van der Waals surface area (Å²) in [5.74, 6) is -2.31. The Morgan fingerprint density at radius 3 is 2.38 bits per heavy atom. The van der Waals surface area contributed by atoms with Crippen molar-refractivity contribution in [3.63, 3.8) is 0 Å². The van der Waals surface area contributed by atoms with Gasteiger partial charge in [0, 0.05) is 16.9 Å². The monoisotopic (exact) mass is 396 g/mol. The number of hydrogen-bond donors (Lipinski definition) is 2. The van der Waals surface area contributed by atoms with Gasteiger partial charge in [-0.15, -0.1) is 0 Å². The Balaban J connectivity index is 1.66. The van der Waals surface area contributed by atoms with E-state index in [1.165, 1.54) is 72.5 Å². The van der Waals surface area contributed by atoms with Gasteiger partial charge in [-0.3, -0.25) is 14.2 Å². The first-order valence-corrected chi connectivity index (χ1v) is 8.55. The molecule has 0 aliphatic rings. The molecule has 2 aromatic carbocycles. The van der Waals surface area contributed by atoms with Crippen LogP contribution in [0.1, 0.15) is 27.8 Å². The van der Waals surface area contributed by atoms with Crippen molar-refractivity contribution in [2.45, 2.75) is 13.0 Å². The summed E-state index contributed by atoms with van der Waals surface area (Å²) < 4.78 is 19.7. The topological polar surface area (TPSA) is 116 Å². The van der Waals surface area contributed by atoms with Gasteiger partial charge in [0.1, 0.15) is 5.82 Å². The maximum absolute atomic E-state index is 13.1. The Hall–Kier alpha value is -4.01. The molecule has 0 aliphatic carbocycles. The predicted octanol–water partition coefficient (Wildman–Crippen LogP) is 2.29. The number of amides is 2. The quantitative estimate of drug-likeness (QED) is 0.620. The lowest BCUT2D eigenvalue weighted by molar-refractivity contribution is -0.123. The van der Waals surface area contributed by atoms with Crippen LogP contribution in [0.5, 0.6) is 0 Å². The van der Waals surface area contributed by atoms with E-state index in [0.29, 0.717) is 16.9 Å². The molecule has 1 heterocycles. The van der Waals surface area contributed by atoms with Crippen LogP contribution in [0.25, 0.3) is 5.69 Å². The maximum Gasteiger partial charge on any atom is 0.357 e. The maximum atomic E-state index is 13.1. The Morgan fingerprint density at radius 1 is 1.10 bits per heavy atom. The zero-order valence-electron chi connectivity index (χ0n) is 15.3. The normalized spacial score (nSPS) is 11.5. The molecule has 9 heteroatoms. The van der Waals surface area contributed by atoms with Crippen LogP contribution in [0.3, 0.4) is 0 Å². The second kappa shape index (κ2) is 8.34. The molecule has 0 aliphatic heterocycles. The number of anilines is 1. The van der Waals surface area contributed by atoms with Gasteiger partial charge >= 0.3 is 5.97 Å². The smallest absolute Gasteiger partial charge is 0.357 e. The van der Waals surface area contributed by atoms with Crippen molar-refractivity contribution in [2.75, 3.05) is 5.32 Å². The van der Waals surface area contributed by atoms with Crippen molar-refractivity contribution >= 4 is 23.5 Å². The molecule has 0 unspecified atom stereocenters. The third kappa shape index (κ3) is 4.64. The molecule has 0 saturated heterocycles. The van der Waals surface area contributed by atoms with Crippen molar-refractivity contribution in [1.82, 2.24) is 9.55 Å². The van der Waals surface area contributed by atoms with Crippen molar-refractivity contribution in [3.8, 4) is 5.69 Å². The van der Waals surface area contributed by atoms with Gasteiger partial charge in [-0.25, -0.2) is 14.2 Å². The van der Waals surface area contributed by atoms with E-state index < -0.39 is 29.7 Å². The number of hydrogen-bond acceptors (Lipinski definition) is 5. The van der Waals surface area contributed by atoms with Crippen LogP contribution in [-0.4, -0.2) is 33.4 Å². The number of nitrogens with two attached hydrogens (primary N) is 1. The van der Waals surface area contributed by atoms with Gasteiger partial charge in [0.2, 0.25) is 5.91 Å². The summed E-state index contributed by atoms with van der Waals surface area (Å²) >= 11 is 0. The number of halogens is 1. The fourth-order valence-corrected chi connectivity index (χ4v) is 2.49. The van der Waals surface area contributed by atoms with Crippen LogP contribution >= 0.6 is 0 Å². The molecule has 1 aromatic heterocycles. The summed E-state index contributed by atoms with van der Waals surface area (Å²) in [6, 6.07) is 11.4. The van der Waals surface area contributed by atoms with E-state index in [-0.39, 0.29) is 5.69 Å². The average Bonchev–Trinajstić information content (AvgIpc) is 3.19. The van der Waals surface area contributed by atoms with Gasteiger partial charge in [0.25, 0.3) is 5.91 Å². The molecule has 0 fully saturated rings. The Bertz CT molecular complexity index is 1050. The van der Waals surface area contributed by atoms with E-state index in [1.807, 2.05) is 0 Å². The van der Waals surface area contributed by atoms with E-state index in [1.54, 1.807) is 0 Å². The number of imidazole rings is 1. The largest absolute Gasteiger partial charge is 0.448 e. The summed E-state index contributed by atoms with van der Waals surface area (Å²) in [5.41, 5.74) is 6.49. The fraction of sp³-hybridized carbons (Fsp3) is 0.100. The number of benzene rings is 2. The number of carbonyl (C=O) groups excluding carboxylic acids is 3. The Labute approximate surface area is 165 Å². The lowest BCUT2D eigenvalue weighted by atomic mass is 10.2. The lowest BCUT2D eigenvalue weighted by Gasteiger charge is -2.14. The summed E-state index contributed by atoms with van der Waals surface area (Å²) in [5, 5.41) is 2.58. The van der Waals surface area contributed by atoms with Crippen LogP contribution in [0.2, 0.25) is 0 Å². The summed E-state index contributed by atoms with van der Waals surface area (Å²) in [6.07, 6.45) is 1.57. The third-order valence-electron chi connectivity index (χ3n) is 4.04. The molecule has 2 amide bonds. The number of rotatable bonds is 6. The second-order valence-corrected chi connectivity index (χ2v) is 6.10. The highest BCUT2D eigenvalue weighted by Crippen LogP contribution is 2.15. The zero-order valence-corrected chi connectivity index (χ0v) is 15.3. The molecular formula is C20H17FN4O4. The van der Waals surface area contributed by atoms with Gasteiger partial charge in [-0.05, 0) is 55.5 Å². The van der Waals surface area contributed by atoms with Gasteiger partial charge in [-0.1, -0.05) is 0 Å². The molecule has 8 nitrogen and oxygen atoms in total. The molecule has 0 spiro atoms. The predicted molar refractivity (Wildman–Crippen MR) is 102 cm³/mol. The summed E-state index contributed by atoms with van der Waals surface area (Å²) in [4.78, 5) is 39.7. The first kappa shape index (κ1) is 19.7. The highest BCUT2D eigenvalue weighted by molar-refractivity contribution is 5.98. The number of nitrogens with one attached hydrogen (secondary N) is 1. The molecule has 29 heavy (non-hydrogen) atoms. The Morgan fingerprint density at radius 2 is 1.76 bits per heavy atom. The van der Waals surface area contributed by atoms with Crippen molar-refractivity contribution in [2.24, 2.45) is 5.73 Å². The number of esters is 1. The SMILES string of the molecule is C[C@H](OC(=O)c1cncn1-c1ccc(F)cc1)C(=O)Nc1ccc(C(N)=O)cc1. The van der Waals surface area contributed by atoms with Crippen molar-refractivity contribution in [3.05, 3.63) is 78.1 Å². The minimum absolute atomic E-state index is 0.0852. The molecule has 0 radical (unpaired) electrons. The number of carbonyl (C=O) groups is 3. The number of primary amides is 1. The zero-order chi connectivity index (χ0) is 21.0. The number of aromatic nitrogens is 2. The van der Waals surface area contributed by atoms with Crippen LogP contribution in [0.15, 0.2) is 61.1 Å². The van der Waals surface area contributed by atoms with Crippen molar-refractivity contribution in [1.29, 1.82) is 0 Å². The minimum Gasteiger partial charge on any atom is -0.448 e. The molecule has 0 bridgehead atoms. The number of nitrogens with zero attached hydrogens (tertiary/aromatic N) is 2. The summed E-state index contributed by atoms with van der Waals surface area (Å²) in [6.45, 7) is 1.42. The van der Waals surface area contributed by atoms with Gasteiger partial charge < -0.3 is 15.8 Å². The standard InChI is InChI=1S/C20H17FN4O4/c1-12(19(27)24-15-6-2-13(3-7-15)18(22)26)29-20(28)17-10-23-11-25(17)16-8-4-14(21)5-9-16/h2-12H,1H3,(H2,22,26)(H,24,27)/t12-/m0/s1. The molecule has 3 rings (SSSR count). The number of ether oxygens (including phenoxy) is 1.